The van der Waals surface area contributed by atoms with Crippen LogP contribution in [-0.2, 0) is 0 Å². The van der Waals surface area contributed by atoms with E-state index in [0.29, 0.717) is 12.3 Å². The largest absolute Gasteiger partial charge is 0.344 e. The Kier molecular flexibility index (Phi) is 12.0. The van der Waals surface area contributed by atoms with Crippen molar-refractivity contribution in [2.45, 2.75) is 45.4 Å². The zero-order valence-electron chi connectivity index (χ0n) is 13.3. The van der Waals surface area contributed by atoms with Crippen LogP contribution in [0.4, 0.5) is 0 Å². The molecule has 5 heteroatoms. The van der Waals surface area contributed by atoms with Crippen molar-refractivity contribution < 1.29 is 0 Å². The van der Waals surface area contributed by atoms with Gasteiger partial charge >= 0.3 is 0 Å². The summed E-state index contributed by atoms with van der Waals surface area (Å²) in [4.78, 5) is 7.19. The molecule has 0 bridgehead atoms. The van der Waals surface area contributed by atoms with Gasteiger partial charge in [-0.05, 0) is 54.0 Å². The van der Waals surface area contributed by atoms with Crippen LogP contribution in [0, 0.1) is 0 Å². The second-order valence-corrected chi connectivity index (χ2v) is 5.09. The number of nitrogens with two attached hydrogens (primary N) is 1. The molecule has 0 aliphatic heterocycles. The molecule has 2 atom stereocenters. The van der Waals surface area contributed by atoms with Crippen molar-refractivity contribution in [3.8, 4) is 0 Å². The van der Waals surface area contributed by atoms with Gasteiger partial charge in [0.15, 0.2) is 0 Å². The molecule has 0 aromatic rings. The molecule has 0 aromatic carbocycles. The van der Waals surface area contributed by atoms with Gasteiger partial charge in [0.05, 0.1) is 12.3 Å². The Hall–Kier alpha value is -0.200. The lowest BCUT2D eigenvalue weighted by Crippen LogP contribution is -2.54. The van der Waals surface area contributed by atoms with Gasteiger partial charge in [0.1, 0.15) is 0 Å². The maximum atomic E-state index is 5.66. The maximum absolute atomic E-state index is 5.66. The van der Waals surface area contributed by atoms with Crippen LogP contribution < -0.4 is 11.9 Å². The fraction of sp³-hybridized carbons (Fsp3) is 1.00. The summed E-state index contributed by atoms with van der Waals surface area (Å²) in [5.41, 5.74) is 5.66. The predicted octanol–water partition coefficient (Wildman–Crippen LogP) is 1.39. The highest BCUT2D eigenvalue weighted by atomic mass is 15.4. The smallest absolute Gasteiger partial charge is 0.0628 e. The van der Waals surface area contributed by atoms with Gasteiger partial charge in [-0.25, -0.2) is 0 Å². The van der Waals surface area contributed by atoms with Gasteiger partial charge < -0.3 is 11.9 Å². The molecular formula is C13H35N5. The Balaban J connectivity index is 0. The average Bonchev–Trinajstić information content (AvgIpc) is 2.25. The lowest BCUT2D eigenvalue weighted by molar-refractivity contribution is -0.0197. The summed E-state index contributed by atoms with van der Waals surface area (Å²) in [6, 6.07) is 0. The monoisotopic (exact) mass is 261 g/mol. The Morgan fingerprint density at radius 3 is 1.50 bits per heavy atom. The summed E-state index contributed by atoms with van der Waals surface area (Å²) >= 11 is 0. The maximum Gasteiger partial charge on any atom is 0.0628 e. The normalized spacial score (nSPS) is 15.0. The fourth-order valence-electron chi connectivity index (χ4n) is 2.56. The number of nitrogens with zero attached hydrogens (tertiary/aromatic N) is 3. The summed E-state index contributed by atoms with van der Waals surface area (Å²) in [6.45, 7) is 6.35. The van der Waals surface area contributed by atoms with Crippen LogP contribution in [0.5, 0.6) is 0 Å². The third-order valence-corrected chi connectivity index (χ3v) is 3.31. The topological polar surface area (TPSA) is 70.7 Å². The van der Waals surface area contributed by atoms with Crippen molar-refractivity contribution in [3.63, 3.8) is 0 Å². The first-order chi connectivity index (χ1) is 7.99. The van der Waals surface area contributed by atoms with E-state index in [1.54, 1.807) is 0 Å². The van der Waals surface area contributed by atoms with Gasteiger partial charge in [0, 0.05) is 6.54 Å². The Bertz CT molecular complexity index is 168. The molecule has 0 radical (unpaired) electrons. The second-order valence-electron chi connectivity index (χ2n) is 5.09. The molecule has 5 nitrogen and oxygen atoms in total. The third kappa shape index (κ3) is 6.11. The SMILES string of the molecule is CCC(N(C)C)N(CCCN)C(CC)N(C)C.N. The molecule has 0 aliphatic carbocycles. The summed E-state index contributed by atoms with van der Waals surface area (Å²) in [6.07, 6.45) is 4.33. The predicted molar refractivity (Wildman–Crippen MR) is 80.9 cm³/mol. The highest BCUT2D eigenvalue weighted by molar-refractivity contribution is 4.75. The van der Waals surface area contributed by atoms with E-state index in [2.05, 4.69) is 56.7 Å². The molecular weight excluding hydrogens is 226 g/mol. The van der Waals surface area contributed by atoms with Crippen molar-refractivity contribution in [2.24, 2.45) is 5.73 Å². The van der Waals surface area contributed by atoms with Crippen LogP contribution in [0.15, 0.2) is 0 Å². The van der Waals surface area contributed by atoms with Crippen LogP contribution >= 0.6 is 0 Å². The standard InChI is InChI=1S/C13H32N4.H3N/c1-7-12(15(3)4)17(11-9-10-14)13(8-2)16(5)6;/h12-13H,7-11,14H2,1-6H3;1H3. The first-order valence-corrected chi connectivity index (χ1v) is 6.78. The third-order valence-electron chi connectivity index (χ3n) is 3.31. The summed E-state index contributed by atoms with van der Waals surface area (Å²) < 4.78 is 0. The van der Waals surface area contributed by atoms with E-state index in [-0.39, 0.29) is 6.15 Å². The molecule has 2 unspecified atom stereocenters. The van der Waals surface area contributed by atoms with Crippen LogP contribution in [0.25, 0.3) is 0 Å². The molecule has 0 saturated carbocycles. The van der Waals surface area contributed by atoms with Gasteiger partial charge in [-0.1, -0.05) is 13.8 Å². The van der Waals surface area contributed by atoms with Crippen LogP contribution in [0.2, 0.25) is 0 Å². The molecule has 0 rings (SSSR count). The van der Waals surface area contributed by atoms with Gasteiger partial charge in [-0.3, -0.25) is 14.7 Å². The first-order valence-electron chi connectivity index (χ1n) is 6.78. The summed E-state index contributed by atoms with van der Waals surface area (Å²) in [7, 11) is 8.63. The zero-order chi connectivity index (χ0) is 13.4. The lowest BCUT2D eigenvalue weighted by Gasteiger charge is -2.43. The van der Waals surface area contributed by atoms with Gasteiger partial charge in [0.2, 0.25) is 0 Å². The minimum atomic E-state index is 0. The van der Waals surface area contributed by atoms with Crippen LogP contribution in [0.3, 0.4) is 0 Å². The van der Waals surface area contributed by atoms with E-state index < -0.39 is 0 Å². The molecule has 112 valence electrons. The lowest BCUT2D eigenvalue weighted by atomic mass is 10.2. The number of hydrogen-bond donors (Lipinski definition) is 2. The van der Waals surface area contributed by atoms with E-state index >= 15 is 0 Å². The van der Waals surface area contributed by atoms with Crippen molar-refractivity contribution >= 4 is 0 Å². The Morgan fingerprint density at radius 1 is 0.889 bits per heavy atom. The van der Waals surface area contributed by atoms with Crippen molar-refractivity contribution in [1.82, 2.24) is 20.9 Å². The second kappa shape index (κ2) is 10.7. The van der Waals surface area contributed by atoms with E-state index in [1.807, 2.05) is 0 Å². The van der Waals surface area contributed by atoms with Gasteiger partial charge in [-0.15, -0.1) is 0 Å². The van der Waals surface area contributed by atoms with E-state index in [4.69, 9.17) is 5.73 Å². The van der Waals surface area contributed by atoms with Gasteiger partial charge in [-0.2, -0.15) is 0 Å². The van der Waals surface area contributed by atoms with E-state index in [0.717, 1.165) is 32.4 Å². The van der Waals surface area contributed by atoms with Crippen molar-refractivity contribution in [1.29, 1.82) is 0 Å². The fourth-order valence-corrected chi connectivity index (χ4v) is 2.56. The minimum Gasteiger partial charge on any atom is -0.344 e. The summed E-state index contributed by atoms with van der Waals surface area (Å²) in [5, 5.41) is 0. The van der Waals surface area contributed by atoms with Crippen LogP contribution in [0.1, 0.15) is 33.1 Å². The molecule has 0 heterocycles. The minimum absolute atomic E-state index is 0. The highest BCUT2D eigenvalue weighted by Crippen LogP contribution is 2.16. The van der Waals surface area contributed by atoms with Crippen molar-refractivity contribution in [2.75, 3.05) is 41.3 Å². The summed E-state index contributed by atoms with van der Waals surface area (Å²) in [5.74, 6) is 0. The van der Waals surface area contributed by atoms with E-state index in [9.17, 15) is 0 Å². The Morgan fingerprint density at radius 2 is 1.28 bits per heavy atom. The van der Waals surface area contributed by atoms with Crippen LogP contribution in [-0.4, -0.2) is 68.3 Å². The molecule has 0 amide bonds. The Labute approximate surface area is 114 Å². The molecule has 5 N–H and O–H groups in total. The number of hydrogen-bond acceptors (Lipinski definition) is 5. The molecule has 0 aromatic heterocycles. The molecule has 0 spiro atoms. The quantitative estimate of drug-likeness (QED) is 0.614. The van der Waals surface area contributed by atoms with Gasteiger partial charge in [0.25, 0.3) is 0 Å². The van der Waals surface area contributed by atoms with Crippen molar-refractivity contribution in [3.05, 3.63) is 0 Å². The first kappa shape index (κ1) is 20.1. The highest BCUT2D eigenvalue weighted by Gasteiger charge is 2.26. The molecule has 0 fully saturated rings. The number of rotatable bonds is 9. The molecule has 18 heavy (non-hydrogen) atoms. The molecule has 0 saturated heterocycles. The van der Waals surface area contributed by atoms with E-state index in [1.165, 1.54) is 0 Å². The average molecular weight is 261 g/mol. The zero-order valence-corrected chi connectivity index (χ0v) is 13.3. The molecule has 0 aliphatic rings.